The molecule has 144 valence electrons. The number of nitrogens with zero attached hydrogens (tertiary/aromatic N) is 2. The van der Waals surface area contributed by atoms with E-state index in [1.54, 1.807) is 12.1 Å². The predicted molar refractivity (Wildman–Crippen MR) is 94.0 cm³/mol. The number of anilines is 2. The second-order valence-corrected chi connectivity index (χ2v) is 6.71. The van der Waals surface area contributed by atoms with Crippen molar-refractivity contribution in [2.75, 3.05) is 29.9 Å². The van der Waals surface area contributed by atoms with Crippen LogP contribution < -0.4 is 10.2 Å². The van der Waals surface area contributed by atoms with Gasteiger partial charge in [-0.15, -0.1) is 0 Å². The van der Waals surface area contributed by atoms with Gasteiger partial charge in [0.2, 0.25) is 11.8 Å². The van der Waals surface area contributed by atoms with Crippen LogP contribution in [0.4, 0.5) is 24.5 Å². The van der Waals surface area contributed by atoms with Crippen LogP contribution in [0, 0.1) is 5.92 Å². The summed E-state index contributed by atoms with van der Waals surface area (Å²) in [7, 11) is 0. The lowest BCUT2D eigenvalue weighted by Gasteiger charge is -2.27. The van der Waals surface area contributed by atoms with Crippen LogP contribution in [0.15, 0.2) is 24.3 Å². The lowest BCUT2D eigenvalue weighted by molar-refractivity contribution is -0.157. The van der Waals surface area contributed by atoms with E-state index in [9.17, 15) is 22.8 Å². The van der Waals surface area contributed by atoms with Crippen LogP contribution in [0.3, 0.4) is 0 Å². The maximum Gasteiger partial charge on any atom is 0.406 e. The molecule has 1 fully saturated rings. The molecule has 1 aliphatic heterocycles. The van der Waals surface area contributed by atoms with Gasteiger partial charge in [-0.3, -0.25) is 9.59 Å². The Morgan fingerprint density at radius 1 is 1.31 bits per heavy atom. The molecule has 0 bridgehead atoms. The third kappa shape index (κ3) is 5.12. The number of benzene rings is 1. The van der Waals surface area contributed by atoms with Crippen LogP contribution in [-0.4, -0.2) is 48.6 Å². The lowest BCUT2D eigenvalue weighted by atomic mass is 10.1. The number of carbonyl (C=O) groups excluding carboxylic acids is 2. The van der Waals surface area contributed by atoms with Crippen LogP contribution >= 0.6 is 0 Å². The van der Waals surface area contributed by atoms with Crippen molar-refractivity contribution in [3.05, 3.63) is 24.3 Å². The molecular weight excluding hydrogens is 347 g/mol. The summed E-state index contributed by atoms with van der Waals surface area (Å²) in [5.41, 5.74) is 1.58. The fourth-order valence-electron chi connectivity index (χ4n) is 3.14. The highest BCUT2D eigenvalue weighted by Gasteiger charge is 2.40. The Labute approximate surface area is 151 Å². The highest BCUT2D eigenvalue weighted by molar-refractivity contribution is 5.97. The lowest BCUT2D eigenvalue weighted by Crippen LogP contribution is -2.36. The van der Waals surface area contributed by atoms with Gasteiger partial charge < -0.3 is 15.1 Å². The van der Waals surface area contributed by atoms with Crippen molar-refractivity contribution in [2.24, 2.45) is 5.92 Å². The quantitative estimate of drug-likeness (QED) is 0.835. The molecule has 0 spiro atoms. The van der Waals surface area contributed by atoms with E-state index in [4.69, 9.17) is 0 Å². The smallest absolute Gasteiger partial charge is 0.369 e. The Balaban J connectivity index is 1.97. The molecule has 1 unspecified atom stereocenters. The Morgan fingerprint density at radius 3 is 2.42 bits per heavy atom. The van der Waals surface area contributed by atoms with E-state index in [0.29, 0.717) is 16.6 Å². The van der Waals surface area contributed by atoms with Crippen molar-refractivity contribution in [3.8, 4) is 0 Å². The second kappa shape index (κ2) is 7.97. The molecule has 1 saturated heterocycles. The topological polar surface area (TPSA) is 52.7 Å². The van der Waals surface area contributed by atoms with Gasteiger partial charge in [0.05, 0.1) is 5.92 Å². The normalized spacial score (nSPS) is 17.7. The molecule has 2 rings (SSSR count). The number of hydrogen-bond acceptors (Lipinski definition) is 3. The molecule has 1 aliphatic rings. The van der Waals surface area contributed by atoms with Crippen molar-refractivity contribution in [3.63, 3.8) is 0 Å². The molecule has 8 heteroatoms. The Hall–Kier alpha value is -2.25. The van der Waals surface area contributed by atoms with E-state index in [1.165, 1.54) is 0 Å². The number of alkyl halides is 3. The molecule has 1 N–H and O–H groups in total. The Morgan fingerprint density at radius 2 is 1.92 bits per heavy atom. The van der Waals surface area contributed by atoms with Crippen LogP contribution in [0.25, 0.3) is 0 Å². The molecular formula is C18H24F3N3O2. The monoisotopic (exact) mass is 371 g/mol. The van der Waals surface area contributed by atoms with Gasteiger partial charge in [-0.2, -0.15) is 13.2 Å². The third-order valence-electron chi connectivity index (χ3n) is 4.39. The minimum absolute atomic E-state index is 0.197. The summed E-state index contributed by atoms with van der Waals surface area (Å²) in [5.74, 6) is -1.85. The summed E-state index contributed by atoms with van der Waals surface area (Å²) in [5, 5.41) is 2.68. The maximum atomic E-state index is 12.4. The van der Waals surface area contributed by atoms with Gasteiger partial charge in [0.25, 0.3) is 0 Å². The summed E-state index contributed by atoms with van der Waals surface area (Å²) in [6, 6.07) is 7.61. The Kier molecular flexibility index (Phi) is 6.15. The van der Waals surface area contributed by atoms with Crippen molar-refractivity contribution in [2.45, 2.75) is 39.4 Å². The van der Waals surface area contributed by atoms with Crippen LogP contribution in [-0.2, 0) is 9.59 Å². The van der Waals surface area contributed by atoms with E-state index >= 15 is 0 Å². The number of amides is 2. The molecule has 5 nitrogen and oxygen atoms in total. The SMILES string of the molecule is CCN(c1ccc(NC(=O)C2CC(=O)N(CC(F)(F)F)C2)cc1)C(C)C. The molecule has 1 aromatic rings. The van der Waals surface area contributed by atoms with Gasteiger partial charge in [0.1, 0.15) is 6.54 Å². The highest BCUT2D eigenvalue weighted by atomic mass is 19.4. The van der Waals surface area contributed by atoms with Gasteiger partial charge in [0.15, 0.2) is 0 Å². The number of likely N-dealkylation sites (tertiary alicyclic amines) is 1. The molecule has 26 heavy (non-hydrogen) atoms. The van der Waals surface area contributed by atoms with Crippen LogP contribution in [0.2, 0.25) is 0 Å². The molecule has 1 atom stereocenters. The summed E-state index contributed by atoms with van der Waals surface area (Å²) in [4.78, 5) is 26.8. The largest absolute Gasteiger partial charge is 0.406 e. The molecule has 0 aromatic heterocycles. The summed E-state index contributed by atoms with van der Waals surface area (Å²) >= 11 is 0. The summed E-state index contributed by atoms with van der Waals surface area (Å²) < 4.78 is 37.3. The first-order valence-corrected chi connectivity index (χ1v) is 8.62. The Bertz CT molecular complexity index is 644. The average molecular weight is 371 g/mol. The van der Waals surface area contributed by atoms with Crippen molar-refractivity contribution < 1.29 is 22.8 Å². The number of halogens is 3. The number of carbonyl (C=O) groups is 2. The van der Waals surface area contributed by atoms with E-state index in [-0.39, 0.29) is 13.0 Å². The zero-order valence-electron chi connectivity index (χ0n) is 15.1. The summed E-state index contributed by atoms with van der Waals surface area (Å²) in [6.45, 7) is 5.56. The van der Waals surface area contributed by atoms with Crippen molar-refractivity contribution in [1.82, 2.24) is 4.90 Å². The molecule has 2 amide bonds. The predicted octanol–water partition coefficient (Wildman–Crippen LogP) is 3.27. The summed E-state index contributed by atoms with van der Waals surface area (Å²) in [6.07, 6.45) is -4.66. The van der Waals surface area contributed by atoms with Gasteiger partial charge >= 0.3 is 6.18 Å². The first-order valence-electron chi connectivity index (χ1n) is 8.62. The van der Waals surface area contributed by atoms with Gasteiger partial charge in [0, 0.05) is 36.9 Å². The molecule has 0 aliphatic carbocycles. The third-order valence-corrected chi connectivity index (χ3v) is 4.39. The van der Waals surface area contributed by atoms with E-state index in [1.807, 2.05) is 12.1 Å². The van der Waals surface area contributed by atoms with E-state index < -0.39 is 30.5 Å². The average Bonchev–Trinajstić information content (AvgIpc) is 2.88. The first kappa shape index (κ1) is 20.1. The fourth-order valence-corrected chi connectivity index (χ4v) is 3.14. The van der Waals surface area contributed by atoms with Gasteiger partial charge in [-0.05, 0) is 45.0 Å². The van der Waals surface area contributed by atoms with Crippen LogP contribution in [0.1, 0.15) is 27.2 Å². The molecule has 0 saturated carbocycles. The van der Waals surface area contributed by atoms with Gasteiger partial charge in [-0.1, -0.05) is 0 Å². The zero-order valence-corrected chi connectivity index (χ0v) is 15.1. The number of nitrogens with one attached hydrogen (secondary N) is 1. The molecule has 1 aromatic carbocycles. The second-order valence-electron chi connectivity index (χ2n) is 6.71. The number of rotatable bonds is 6. The zero-order chi connectivity index (χ0) is 19.5. The van der Waals surface area contributed by atoms with E-state index in [2.05, 4.69) is 31.0 Å². The molecule has 1 heterocycles. The van der Waals surface area contributed by atoms with E-state index in [0.717, 1.165) is 12.2 Å². The van der Waals surface area contributed by atoms with Gasteiger partial charge in [-0.25, -0.2) is 0 Å². The first-order chi connectivity index (χ1) is 12.1. The van der Waals surface area contributed by atoms with Crippen molar-refractivity contribution >= 4 is 23.2 Å². The maximum absolute atomic E-state index is 12.4. The number of hydrogen-bond donors (Lipinski definition) is 1. The highest BCUT2D eigenvalue weighted by Crippen LogP contribution is 2.25. The standard InChI is InChI=1S/C18H24F3N3O2/c1-4-24(12(2)3)15-7-5-14(6-8-15)22-17(26)13-9-16(25)23(10-13)11-18(19,20)21/h5-8,12-13H,4,9-11H2,1-3H3,(H,22,26). The fraction of sp³-hybridized carbons (Fsp3) is 0.556. The van der Waals surface area contributed by atoms with Crippen molar-refractivity contribution in [1.29, 1.82) is 0 Å². The minimum atomic E-state index is -4.46. The van der Waals surface area contributed by atoms with Crippen LogP contribution in [0.5, 0.6) is 0 Å². The molecule has 0 radical (unpaired) electrons. The minimum Gasteiger partial charge on any atom is -0.369 e.